The fourth-order valence-corrected chi connectivity index (χ4v) is 4.31. The van der Waals surface area contributed by atoms with Gasteiger partial charge in [-0.25, -0.2) is 0 Å². The van der Waals surface area contributed by atoms with Gasteiger partial charge in [-0.15, -0.1) is 0 Å². The molecule has 0 amide bonds. The minimum Gasteiger partial charge on any atom is -0.468 e. The molecule has 0 bridgehead atoms. The van der Waals surface area contributed by atoms with E-state index in [1.54, 1.807) is 0 Å². The summed E-state index contributed by atoms with van der Waals surface area (Å²) in [6.07, 6.45) is 4.71. The van der Waals surface area contributed by atoms with Gasteiger partial charge in [0.25, 0.3) is 0 Å². The Bertz CT molecular complexity index is 372. The Kier molecular flexibility index (Phi) is 3.28. The molecule has 3 atom stereocenters. The van der Waals surface area contributed by atoms with Crippen molar-refractivity contribution in [3.05, 3.63) is 0 Å². The van der Waals surface area contributed by atoms with E-state index in [4.69, 9.17) is 4.74 Å². The number of ether oxygens (including phenoxy) is 1. The summed E-state index contributed by atoms with van der Waals surface area (Å²) in [6.45, 7) is 6.78. The minimum absolute atomic E-state index is 0.0818. The van der Waals surface area contributed by atoms with Crippen LogP contribution in [0.3, 0.4) is 0 Å². The first-order valence-electron chi connectivity index (χ1n) is 6.91. The molecule has 2 rings (SSSR count). The molecule has 2 fully saturated rings. The molecule has 3 heteroatoms. The van der Waals surface area contributed by atoms with Crippen molar-refractivity contribution in [2.45, 2.75) is 52.9 Å². The topological polar surface area (TPSA) is 43.4 Å². The van der Waals surface area contributed by atoms with Gasteiger partial charge >= 0.3 is 5.97 Å². The third-order valence-electron chi connectivity index (χ3n) is 5.28. The van der Waals surface area contributed by atoms with Crippen LogP contribution >= 0.6 is 0 Å². The lowest BCUT2D eigenvalue weighted by molar-refractivity contribution is -0.158. The number of hydrogen-bond acceptors (Lipinski definition) is 3. The lowest BCUT2D eigenvalue weighted by Gasteiger charge is -2.54. The van der Waals surface area contributed by atoms with Crippen molar-refractivity contribution in [1.29, 1.82) is 0 Å². The molecule has 2 saturated carbocycles. The first-order chi connectivity index (χ1) is 8.30. The molecular weight excluding hydrogens is 228 g/mol. The largest absolute Gasteiger partial charge is 0.468 e. The second kappa shape index (κ2) is 4.36. The van der Waals surface area contributed by atoms with Crippen LogP contribution in [0.2, 0.25) is 0 Å². The van der Waals surface area contributed by atoms with E-state index >= 15 is 0 Å². The zero-order chi connectivity index (χ0) is 13.6. The number of rotatable bonds is 1. The quantitative estimate of drug-likeness (QED) is 0.532. The lowest BCUT2D eigenvalue weighted by atomic mass is 9.50. The van der Waals surface area contributed by atoms with Gasteiger partial charge in [0.15, 0.2) is 0 Å². The Labute approximate surface area is 109 Å². The van der Waals surface area contributed by atoms with Gasteiger partial charge in [0.2, 0.25) is 0 Å². The van der Waals surface area contributed by atoms with Crippen molar-refractivity contribution in [2.75, 3.05) is 7.11 Å². The molecule has 3 unspecified atom stereocenters. The third kappa shape index (κ3) is 2.08. The van der Waals surface area contributed by atoms with E-state index in [2.05, 4.69) is 20.8 Å². The fraction of sp³-hybridized carbons (Fsp3) is 0.867. The monoisotopic (exact) mass is 252 g/mol. The van der Waals surface area contributed by atoms with Gasteiger partial charge in [-0.2, -0.15) is 0 Å². The molecule has 0 aromatic heterocycles. The molecule has 3 nitrogen and oxygen atoms in total. The highest BCUT2D eigenvalue weighted by Crippen LogP contribution is 2.57. The Morgan fingerprint density at radius 3 is 2.56 bits per heavy atom. The number of carbonyl (C=O) groups is 2. The maximum atomic E-state index is 12.2. The van der Waals surface area contributed by atoms with Crippen molar-refractivity contribution >= 4 is 11.8 Å². The van der Waals surface area contributed by atoms with Gasteiger partial charge in [0, 0.05) is 6.42 Å². The third-order valence-corrected chi connectivity index (χ3v) is 5.28. The highest BCUT2D eigenvalue weighted by Gasteiger charge is 2.53. The molecule has 0 aliphatic heterocycles. The highest BCUT2D eigenvalue weighted by molar-refractivity contribution is 5.99. The van der Waals surface area contributed by atoms with E-state index in [9.17, 15) is 9.59 Å². The van der Waals surface area contributed by atoms with Crippen molar-refractivity contribution in [3.8, 4) is 0 Å². The second-order valence-electron chi connectivity index (χ2n) is 7.00. The van der Waals surface area contributed by atoms with Crippen LogP contribution in [0.25, 0.3) is 0 Å². The maximum absolute atomic E-state index is 12.2. The molecule has 0 aromatic carbocycles. The van der Waals surface area contributed by atoms with Crippen LogP contribution in [-0.2, 0) is 14.3 Å². The maximum Gasteiger partial charge on any atom is 0.316 e. The summed E-state index contributed by atoms with van der Waals surface area (Å²) in [6, 6.07) is 0. The molecule has 0 N–H and O–H groups in total. The number of ketones is 1. The van der Waals surface area contributed by atoms with Crippen molar-refractivity contribution in [2.24, 2.45) is 22.7 Å². The molecule has 2 aliphatic rings. The Morgan fingerprint density at radius 1 is 1.28 bits per heavy atom. The molecule has 18 heavy (non-hydrogen) atoms. The van der Waals surface area contributed by atoms with Crippen molar-refractivity contribution in [3.63, 3.8) is 0 Å². The number of hydrogen-bond donors (Lipinski definition) is 0. The first-order valence-corrected chi connectivity index (χ1v) is 6.91. The summed E-state index contributed by atoms with van der Waals surface area (Å²) in [5, 5.41) is 0. The van der Waals surface area contributed by atoms with Crippen LogP contribution in [0.1, 0.15) is 52.9 Å². The summed E-state index contributed by atoms with van der Waals surface area (Å²) >= 11 is 0. The molecular formula is C15H24O3. The Balaban J connectivity index is 2.27. The Hall–Kier alpha value is -0.860. The average molecular weight is 252 g/mol. The van der Waals surface area contributed by atoms with Crippen LogP contribution in [0, 0.1) is 22.7 Å². The van der Waals surface area contributed by atoms with Crippen molar-refractivity contribution < 1.29 is 14.3 Å². The predicted molar refractivity (Wildman–Crippen MR) is 69.0 cm³/mol. The van der Waals surface area contributed by atoms with E-state index in [1.807, 2.05) is 0 Å². The predicted octanol–water partition coefficient (Wildman–Crippen LogP) is 2.97. The van der Waals surface area contributed by atoms with Gasteiger partial charge in [0.1, 0.15) is 11.7 Å². The van der Waals surface area contributed by atoms with E-state index in [0.29, 0.717) is 18.8 Å². The van der Waals surface area contributed by atoms with E-state index < -0.39 is 5.92 Å². The number of esters is 1. The smallest absolute Gasteiger partial charge is 0.316 e. The van der Waals surface area contributed by atoms with Crippen LogP contribution < -0.4 is 0 Å². The van der Waals surface area contributed by atoms with E-state index in [1.165, 1.54) is 20.0 Å². The normalized spacial score (nSPS) is 39.0. The average Bonchev–Trinajstić information content (AvgIpc) is 2.26. The molecule has 0 saturated heterocycles. The molecule has 0 aromatic rings. The minimum atomic E-state index is -0.523. The van der Waals surface area contributed by atoms with Gasteiger partial charge < -0.3 is 4.74 Å². The van der Waals surface area contributed by atoms with Gasteiger partial charge in [-0.1, -0.05) is 27.2 Å². The number of Topliss-reactive ketones (excluding diaryl/α,β-unsaturated/α-hetero) is 1. The highest BCUT2D eigenvalue weighted by atomic mass is 16.5. The fourth-order valence-electron chi connectivity index (χ4n) is 4.31. The van der Waals surface area contributed by atoms with Gasteiger partial charge in [-0.05, 0) is 36.0 Å². The zero-order valence-corrected chi connectivity index (χ0v) is 11.9. The van der Waals surface area contributed by atoms with Gasteiger partial charge in [-0.3, -0.25) is 9.59 Å². The number of methoxy groups -OCH3 is 1. The zero-order valence-electron chi connectivity index (χ0n) is 11.9. The lowest BCUT2D eigenvalue weighted by Crippen LogP contribution is -2.50. The number of carbonyl (C=O) groups excluding carboxylic acids is 2. The molecule has 102 valence electrons. The summed E-state index contributed by atoms with van der Waals surface area (Å²) in [4.78, 5) is 23.9. The molecule has 2 aliphatic carbocycles. The van der Waals surface area contributed by atoms with E-state index in [-0.39, 0.29) is 22.6 Å². The number of fused-ring (bicyclic) bond motifs is 1. The molecule has 0 spiro atoms. The van der Waals surface area contributed by atoms with Crippen LogP contribution in [0.15, 0.2) is 0 Å². The van der Waals surface area contributed by atoms with Crippen LogP contribution in [0.4, 0.5) is 0 Å². The first kappa shape index (κ1) is 13.6. The van der Waals surface area contributed by atoms with E-state index in [0.717, 1.165) is 6.42 Å². The summed E-state index contributed by atoms with van der Waals surface area (Å²) in [7, 11) is 1.37. The SMILES string of the molecule is COC(=O)C1CC2C(C)(C)CCCC2(C)CC1=O. The standard InChI is InChI=1S/C15H24O3/c1-14(2)6-5-7-15(3)9-11(16)10(8-12(14)15)13(17)18-4/h10,12H,5-9H2,1-4H3. The van der Waals surface area contributed by atoms with Crippen molar-refractivity contribution in [1.82, 2.24) is 0 Å². The molecule has 0 radical (unpaired) electrons. The second-order valence-corrected chi connectivity index (χ2v) is 7.00. The van der Waals surface area contributed by atoms with Crippen LogP contribution in [-0.4, -0.2) is 18.9 Å². The summed E-state index contributed by atoms with van der Waals surface area (Å²) in [5.41, 5.74) is 0.309. The molecule has 0 heterocycles. The van der Waals surface area contributed by atoms with Gasteiger partial charge in [0.05, 0.1) is 7.11 Å². The Morgan fingerprint density at radius 2 is 1.94 bits per heavy atom. The summed E-state index contributed by atoms with van der Waals surface area (Å²) < 4.78 is 4.78. The summed E-state index contributed by atoms with van der Waals surface area (Å²) in [5.74, 6) is -0.340. The van der Waals surface area contributed by atoms with Crippen LogP contribution in [0.5, 0.6) is 0 Å².